The lowest BCUT2D eigenvalue weighted by Gasteiger charge is -2.30. The van der Waals surface area contributed by atoms with Gasteiger partial charge in [-0.1, -0.05) is 22.4 Å². The first kappa shape index (κ1) is 15.4. The normalized spacial score (nSPS) is 18.9. The van der Waals surface area contributed by atoms with E-state index < -0.39 is 5.82 Å². The highest BCUT2D eigenvalue weighted by Gasteiger charge is 2.21. The van der Waals surface area contributed by atoms with E-state index in [2.05, 4.69) is 21.2 Å². The van der Waals surface area contributed by atoms with Crippen LogP contribution in [0.4, 0.5) is 4.39 Å². The lowest BCUT2D eigenvalue weighted by molar-refractivity contribution is 0.0741. The van der Waals surface area contributed by atoms with E-state index in [9.17, 15) is 9.18 Å². The number of hydrogen-bond donors (Lipinski definition) is 1. The average molecular weight is 343 g/mol. The van der Waals surface area contributed by atoms with Gasteiger partial charge in [0.15, 0.2) is 0 Å². The van der Waals surface area contributed by atoms with Gasteiger partial charge in [0, 0.05) is 29.2 Å². The Bertz CT molecular complexity index is 455. The Morgan fingerprint density at radius 2 is 2.25 bits per heavy atom. The number of rotatable bonds is 4. The maximum Gasteiger partial charge on any atom is 0.254 e. The number of carbonyl (C=O) groups excluding carboxylic acids is 1. The van der Waals surface area contributed by atoms with Gasteiger partial charge in [-0.15, -0.1) is 0 Å². The van der Waals surface area contributed by atoms with Crippen molar-refractivity contribution in [3.05, 3.63) is 34.1 Å². The van der Waals surface area contributed by atoms with Crippen molar-refractivity contribution in [2.75, 3.05) is 19.6 Å². The van der Waals surface area contributed by atoms with Crippen molar-refractivity contribution in [1.82, 2.24) is 10.2 Å². The molecule has 0 radical (unpaired) electrons. The molecule has 2 rings (SSSR count). The fraction of sp³-hybridized carbons (Fsp3) is 0.533. The number of likely N-dealkylation sites (N-methyl/N-ethyl adjacent to an activating group) is 1. The van der Waals surface area contributed by atoms with Crippen LogP contribution in [-0.2, 0) is 0 Å². The van der Waals surface area contributed by atoms with Crippen molar-refractivity contribution in [2.45, 2.75) is 32.2 Å². The van der Waals surface area contributed by atoms with Crippen LogP contribution in [0.3, 0.4) is 0 Å². The first-order valence-electron chi connectivity index (χ1n) is 7.09. The minimum atomic E-state index is -0.394. The van der Waals surface area contributed by atoms with Crippen LogP contribution in [0.15, 0.2) is 22.7 Å². The molecule has 0 aromatic heterocycles. The topological polar surface area (TPSA) is 32.3 Å². The largest absolute Gasteiger partial charge is 0.337 e. The molecule has 1 fully saturated rings. The van der Waals surface area contributed by atoms with Gasteiger partial charge in [0.1, 0.15) is 5.82 Å². The molecule has 1 amide bonds. The van der Waals surface area contributed by atoms with Gasteiger partial charge in [0.25, 0.3) is 5.91 Å². The monoisotopic (exact) mass is 342 g/mol. The lowest BCUT2D eigenvalue weighted by atomic mass is 10.0. The highest BCUT2D eigenvalue weighted by molar-refractivity contribution is 9.10. The number of hydrogen-bond acceptors (Lipinski definition) is 2. The van der Waals surface area contributed by atoms with E-state index in [4.69, 9.17) is 0 Å². The summed E-state index contributed by atoms with van der Waals surface area (Å²) < 4.78 is 14.0. The van der Waals surface area contributed by atoms with E-state index in [-0.39, 0.29) is 5.91 Å². The predicted octanol–water partition coefficient (Wildman–Crippen LogP) is 3.19. The highest BCUT2D eigenvalue weighted by Crippen LogP contribution is 2.17. The summed E-state index contributed by atoms with van der Waals surface area (Å²) in [6, 6.07) is 4.67. The van der Waals surface area contributed by atoms with E-state index in [0.717, 1.165) is 13.0 Å². The third-order valence-corrected chi connectivity index (χ3v) is 4.09. The van der Waals surface area contributed by atoms with E-state index in [0.29, 0.717) is 29.2 Å². The Kier molecular flexibility index (Phi) is 5.54. The molecular weight excluding hydrogens is 323 g/mol. The Labute approximate surface area is 127 Å². The summed E-state index contributed by atoms with van der Waals surface area (Å²) >= 11 is 3.23. The van der Waals surface area contributed by atoms with Crippen molar-refractivity contribution < 1.29 is 9.18 Å². The molecule has 110 valence electrons. The zero-order valence-electron chi connectivity index (χ0n) is 11.7. The summed E-state index contributed by atoms with van der Waals surface area (Å²) in [4.78, 5) is 14.2. The number of piperidine rings is 1. The number of carbonyl (C=O) groups is 1. The lowest BCUT2D eigenvalue weighted by Crippen LogP contribution is -2.45. The van der Waals surface area contributed by atoms with Gasteiger partial charge < -0.3 is 10.2 Å². The van der Waals surface area contributed by atoms with Gasteiger partial charge in [-0.05, 0) is 44.5 Å². The molecule has 1 N–H and O–H groups in total. The molecule has 1 aliphatic rings. The van der Waals surface area contributed by atoms with Gasteiger partial charge in [-0.2, -0.15) is 0 Å². The van der Waals surface area contributed by atoms with E-state index >= 15 is 0 Å². The molecule has 1 heterocycles. The van der Waals surface area contributed by atoms with Gasteiger partial charge in [-0.25, -0.2) is 4.39 Å². The molecule has 1 aromatic carbocycles. The maximum atomic E-state index is 13.4. The van der Waals surface area contributed by atoms with Crippen molar-refractivity contribution in [3.63, 3.8) is 0 Å². The minimum Gasteiger partial charge on any atom is -0.337 e. The van der Waals surface area contributed by atoms with Gasteiger partial charge in [0.2, 0.25) is 0 Å². The van der Waals surface area contributed by atoms with Crippen molar-refractivity contribution >= 4 is 21.8 Å². The molecule has 1 aromatic rings. The fourth-order valence-corrected chi connectivity index (χ4v) is 3.03. The molecule has 0 bridgehead atoms. The Morgan fingerprint density at radius 1 is 1.45 bits per heavy atom. The zero-order valence-corrected chi connectivity index (χ0v) is 13.2. The molecule has 1 aliphatic heterocycles. The smallest absolute Gasteiger partial charge is 0.254 e. The maximum absolute atomic E-state index is 13.4. The molecule has 1 saturated heterocycles. The molecular formula is C15H20BrFN2O. The molecule has 0 aliphatic carbocycles. The Hall–Kier alpha value is -0.940. The van der Waals surface area contributed by atoms with Crippen LogP contribution in [-0.4, -0.2) is 36.5 Å². The second kappa shape index (κ2) is 7.18. The van der Waals surface area contributed by atoms with Crippen LogP contribution in [0.2, 0.25) is 0 Å². The van der Waals surface area contributed by atoms with Crippen LogP contribution in [0.1, 0.15) is 36.5 Å². The molecule has 1 atom stereocenters. The van der Waals surface area contributed by atoms with Crippen molar-refractivity contribution in [2.24, 2.45) is 0 Å². The van der Waals surface area contributed by atoms with Crippen LogP contribution >= 0.6 is 15.9 Å². The minimum absolute atomic E-state index is 0.111. The van der Waals surface area contributed by atoms with Gasteiger partial charge in [-0.3, -0.25) is 4.79 Å². The zero-order chi connectivity index (χ0) is 14.5. The third kappa shape index (κ3) is 4.03. The average Bonchev–Trinajstić information content (AvgIpc) is 2.44. The summed E-state index contributed by atoms with van der Waals surface area (Å²) in [6.45, 7) is 4.28. The summed E-state index contributed by atoms with van der Waals surface area (Å²) in [5.74, 6) is -0.505. The number of amides is 1. The first-order valence-corrected chi connectivity index (χ1v) is 7.88. The molecule has 5 heteroatoms. The van der Waals surface area contributed by atoms with Crippen LogP contribution in [0.5, 0.6) is 0 Å². The number of nitrogens with zero attached hydrogens (tertiary/aromatic N) is 1. The van der Waals surface area contributed by atoms with Crippen LogP contribution in [0, 0.1) is 5.82 Å². The number of halogens is 2. The highest BCUT2D eigenvalue weighted by atomic mass is 79.9. The van der Waals surface area contributed by atoms with Crippen molar-refractivity contribution in [3.8, 4) is 0 Å². The molecule has 3 nitrogen and oxygen atoms in total. The third-order valence-electron chi connectivity index (χ3n) is 3.63. The van der Waals surface area contributed by atoms with Crippen LogP contribution < -0.4 is 5.32 Å². The second-order valence-corrected chi connectivity index (χ2v) is 6.06. The molecule has 0 saturated carbocycles. The molecule has 20 heavy (non-hydrogen) atoms. The first-order chi connectivity index (χ1) is 9.60. The Morgan fingerprint density at radius 3 is 2.85 bits per heavy atom. The predicted molar refractivity (Wildman–Crippen MR) is 81.3 cm³/mol. The quantitative estimate of drug-likeness (QED) is 0.911. The number of benzene rings is 1. The summed E-state index contributed by atoms with van der Waals surface area (Å²) in [5, 5.41) is 3.44. The van der Waals surface area contributed by atoms with Gasteiger partial charge in [0.05, 0.1) is 0 Å². The van der Waals surface area contributed by atoms with E-state index in [1.165, 1.54) is 25.0 Å². The Balaban J connectivity index is 2.07. The van der Waals surface area contributed by atoms with Crippen LogP contribution in [0.25, 0.3) is 0 Å². The van der Waals surface area contributed by atoms with Crippen molar-refractivity contribution in [1.29, 1.82) is 0 Å². The summed E-state index contributed by atoms with van der Waals surface area (Å²) in [5.41, 5.74) is 0.398. The summed E-state index contributed by atoms with van der Waals surface area (Å²) in [7, 11) is 0. The number of nitrogens with one attached hydrogen (secondary N) is 1. The van der Waals surface area contributed by atoms with Gasteiger partial charge >= 0.3 is 0 Å². The molecule has 0 spiro atoms. The standard InChI is InChI=1S/C15H20BrFN2O/c1-2-19(10-14-5-3-4-6-18-14)15(20)11-7-12(16)9-13(17)8-11/h7-9,14,18H,2-6,10H2,1H3. The van der Waals surface area contributed by atoms with E-state index in [1.54, 1.807) is 11.0 Å². The molecule has 1 unspecified atom stereocenters. The fourth-order valence-electron chi connectivity index (χ4n) is 2.56. The van der Waals surface area contributed by atoms with E-state index in [1.807, 2.05) is 6.92 Å². The SMILES string of the molecule is CCN(CC1CCCCN1)C(=O)c1cc(F)cc(Br)c1. The second-order valence-electron chi connectivity index (χ2n) is 5.15. The summed E-state index contributed by atoms with van der Waals surface area (Å²) in [6.07, 6.45) is 3.50.